The van der Waals surface area contributed by atoms with Gasteiger partial charge in [0.2, 0.25) is 0 Å². The maximum Gasteiger partial charge on any atom is 0.311 e. The predicted molar refractivity (Wildman–Crippen MR) is 114 cm³/mol. The van der Waals surface area contributed by atoms with Crippen LogP contribution in [0.4, 0.5) is 4.39 Å². The van der Waals surface area contributed by atoms with Crippen molar-refractivity contribution in [2.75, 3.05) is 13.7 Å². The molecule has 2 aromatic carbocycles. The quantitative estimate of drug-likeness (QED) is 0.549. The summed E-state index contributed by atoms with van der Waals surface area (Å²) in [5, 5.41) is -0.724. The minimum atomic E-state index is -3.81. The third-order valence-electron chi connectivity index (χ3n) is 4.33. The molecule has 0 atom stereocenters. The Balaban J connectivity index is 2.35. The van der Waals surface area contributed by atoms with Gasteiger partial charge in [-0.25, -0.2) is 4.39 Å². The molecular formula is C22H28FNO5S. The SMILES string of the molecule is COc1ccc(CN(CC(C)C)C(=O)c2cccc(F)c2)cc1OS(=O)(=O)C(C)C. The zero-order valence-electron chi connectivity index (χ0n) is 17.9. The van der Waals surface area contributed by atoms with Crippen molar-refractivity contribution >= 4 is 16.0 Å². The highest BCUT2D eigenvalue weighted by Gasteiger charge is 2.22. The molecule has 0 N–H and O–H groups in total. The lowest BCUT2D eigenvalue weighted by molar-refractivity contribution is 0.0722. The van der Waals surface area contributed by atoms with Crippen molar-refractivity contribution in [3.63, 3.8) is 0 Å². The molecule has 0 aromatic heterocycles. The highest BCUT2D eigenvalue weighted by Crippen LogP contribution is 2.31. The van der Waals surface area contributed by atoms with Gasteiger partial charge in [-0.05, 0) is 55.7 Å². The second-order valence-electron chi connectivity index (χ2n) is 7.70. The Kier molecular flexibility index (Phi) is 7.83. The molecule has 0 unspecified atom stereocenters. The summed E-state index contributed by atoms with van der Waals surface area (Å²) in [6.07, 6.45) is 0. The standard InChI is InChI=1S/C22H28FNO5S/c1-15(2)13-24(22(25)18-7-6-8-19(23)12-18)14-17-9-10-20(28-5)21(11-17)29-30(26,27)16(3)4/h6-12,15-16H,13-14H2,1-5H3. The Hall–Kier alpha value is -2.61. The molecule has 0 aliphatic heterocycles. The van der Waals surface area contributed by atoms with E-state index in [-0.39, 0.29) is 35.4 Å². The molecule has 0 spiro atoms. The van der Waals surface area contributed by atoms with Gasteiger partial charge in [-0.15, -0.1) is 0 Å². The highest BCUT2D eigenvalue weighted by molar-refractivity contribution is 7.87. The first kappa shape index (κ1) is 23.7. The van der Waals surface area contributed by atoms with Crippen LogP contribution in [0.5, 0.6) is 11.5 Å². The topological polar surface area (TPSA) is 72.9 Å². The van der Waals surface area contributed by atoms with Crippen LogP contribution in [0, 0.1) is 11.7 Å². The molecule has 0 saturated heterocycles. The first-order chi connectivity index (χ1) is 14.0. The molecule has 0 heterocycles. The summed E-state index contributed by atoms with van der Waals surface area (Å²) in [5.74, 6) is -0.278. The molecule has 0 aliphatic carbocycles. The zero-order valence-corrected chi connectivity index (χ0v) is 18.7. The van der Waals surface area contributed by atoms with Crippen LogP contribution in [-0.2, 0) is 16.7 Å². The van der Waals surface area contributed by atoms with Gasteiger partial charge in [0, 0.05) is 18.7 Å². The van der Waals surface area contributed by atoms with Crippen molar-refractivity contribution in [3.8, 4) is 11.5 Å². The summed E-state index contributed by atoms with van der Waals surface area (Å²) < 4.78 is 48.4. The van der Waals surface area contributed by atoms with Gasteiger partial charge < -0.3 is 13.8 Å². The molecule has 1 amide bonds. The summed E-state index contributed by atoms with van der Waals surface area (Å²) >= 11 is 0. The maximum atomic E-state index is 13.6. The van der Waals surface area contributed by atoms with Gasteiger partial charge in [-0.1, -0.05) is 26.0 Å². The van der Waals surface area contributed by atoms with Crippen LogP contribution in [0.15, 0.2) is 42.5 Å². The van der Waals surface area contributed by atoms with Crippen molar-refractivity contribution < 1.29 is 26.5 Å². The number of carbonyl (C=O) groups is 1. The molecule has 0 saturated carbocycles. The van der Waals surface area contributed by atoms with Gasteiger partial charge in [0.15, 0.2) is 11.5 Å². The number of benzene rings is 2. The van der Waals surface area contributed by atoms with Crippen LogP contribution < -0.4 is 8.92 Å². The average Bonchev–Trinajstić information content (AvgIpc) is 2.66. The molecule has 0 fully saturated rings. The fourth-order valence-corrected chi connectivity index (χ4v) is 3.36. The van der Waals surface area contributed by atoms with E-state index < -0.39 is 21.2 Å². The average molecular weight is 438 g/mol. The second kappa shape index (κ2) is 9.93. The first-order valence-corrected chi connectivity index (χ1v) is 11.2. The summed E-state index contributed by atoms with van der Waals surface area (Å²) in [4.78, 5) is 14.6. The summed E-state index contributed by atoms with van der Waals surface area (Å²) in [6.45, 7) is 7.64. The van der Waals surface area contributed by atoms with Gasteiger partial charge >= 0.3 is 10.1 Å². The third kappa shape index (κ3) is 6.19. The number of ether oxygens (including phenoxy) is 1. The molecule has 30 heavy (non-hydrogen) atoms. The minimum Gasteiger partial charge on any atom is -0.493 e. The summed E-state index contributed by atoms with van der Waals surface area (Å²) in [7, 11) is -2.40. The number of methoxy groups -OCH3 is 1. The lowest BCUT2D eigenvalue weighted by Gasteiger charge is -2.25. The van der Waals surface area contributed by atoms with E-state index in [1.807, 2.05) is 13.8 Å². The smallest absolute Gasteiger partial charge is 0.311 e. The van der Waals surface area contributed by atoms with E-state index in [0.717, 1.165) is 0 Å². The van der Waals surface area contributed by atoms with Gasteiger partial charge in [0.25, 0.3) is 5.91 Å². The van der Waals surface area contributed by atoms with Crippen molar-refractivity contribution in [2.24, 2.45) is 5.92 Å². The van der Waals surface area contributed by atoms with E-state index >= 15 is 0 Å². The van der Waals surface area contributed by atoms with E-state index in [0.29, 0.717) is 12.1 Å². The van der Waals surface area contributed by atoms with E-state index in [2.05, 4.69) is 0 Å². The van der Waals surface area contributed by atoms with Crippen molar-refractivity contribution in [1.29, 1.82) is 0 Å². The predicted octanol–water partition coefficient (Wildman–Crippen LogP) is 4.25. The molecule has 0 bridgehead atoms. The Bertz CT molecular complexity index is 989. The number of hydrogen-bond donors (Lipinski definition) is 0. The van der Waals surface area contributed by atoms with Gasteiger partial charge in [-0.3, -0.25) is 4.79 Å². The second-order valence-corrected chi connectivity index (χ2v) is 9.80. The van der Waals surface area contributed by atoms with Crippen LogP contribution in [0.3, 0.4) is 0 Å². The molecule has 8 heteroatoms. The van der Waals surface area contributed by atoms with Crippen LogP contribution in [0.25, 0.3) is 0 Å². The molecular weight excluding hydrogens is 409 g/mol. The lowest BCUT2D eigenvalue weighted by Crippen LogP contribution is -2.33. The molecule has 2 aromatic rings. The fraction of sp³-hybridized carbons (Fsp3) is 0.409. The van der Waals surface area contributed by atoms with Crippen molar-refractivity contribution in [3.05, 3.63) is 59.4 Å². The Morgan fingerprint density at radius 2 is 1.77 bits per heavy atom. The van der Waals surface area contributed by atoms with Crippen LogP contribution in [0.1, 0.15) is 43.6 Å². The number of rotatable bonds is 9. The van der Waals surface area contributed by atoms with E-state index in [1.165, 1.54) is 39.2 Å². The fourth-order valence-electron chi connectivity index (χ4n) is 2.79. The summed E-state index contributed by atoms with van der Waals surface area (Å²) in [6, 6.07) is 10.4. The first-order valence-electron chi connectivity index (χ1n) is 9.68. The molecule has 164 valence electrons. The number of nitrogens with zero attached hydrogens (tertiary/aromatic N) is 1. The molecule has 6 nitrogen and oxygen atoms in total. The summed E-state index contributed by atoms with van der Waals surface area (Å²) in [5.41, 5.74) is 0.915. The third-order valence-corrected chi connectivity index (χ3v) is 5.90. The number of halogens is 1. The van der Waals surface area contributed by atoms with Gasteiger partial charge in [-0.2, -0.15) is 8.42 Å². The van der Waals surface area contributed by atoms with E-state index in [4.69, 9.17) is 8.92 Å². The van der Waals surface area contributed by atoms with Gasteiger partial charge in [0.1, 0.15) is 5.82 Å². The van der Waals surface area contributed by atoms with Crippen molar-refractivity contribution in [2.45, 2.75) is 39.5 Å². The normalized spacial score (nSPS) is 11.6. The Morgan fingerprint density at radius 1 is 1.07 bits per heavy atom. The number of amides is 1. The van der Waals surface area contributed by atoms with Crippen LogP contribution in [0.2, 0.25) is 0 Å². The van der Waals surface area contributed by atoms with Crippen molar-refractivity contribution in [1.82, 2.24) is 4.90 Å². The maximum absolute atomic E-state index is 13.6. The zero-order chi connectivity index (χ0) is 22.5. The largest absolute Gasteiger partial charge is 0.493 e. The van der Waals surface area contributed by atoms with Crippen LogP contribution >= 0.6 is 0 Å². The van der Waals surface area contributed by atoms with E-state index in [1.54, 1.807) is 29.2 Å². The number of carbonyl (C=O) groups excluding carboxylic acids is 1. The molecule has 0 radical (unpaired) electrons. The monoisotopic (exact) mass is 437 g/mol. The van der Waals surface area contributed by atoms with Gasteiger partial charge in [0.05, 0.1) is 12.4 Å². The highest BCUT2D eigenvalue weighted by atomic mass is 32.2. The molecule has 0 aliphatic rings. The lowest BCUT2D eigenvalue weighted by atomic mass is 10.1. The van der Waals surface area contributed by atoms with E-state index in [9.17, 15) is 17.6 Å². The Morgan fingerprint density at radius 3 is 2.33 bits per heavy atom. The minimum absolute atomic E-state index is 0.0615. The number of hydrogen-bond acceptors (Lipinski definition) is 5. The van der Waals surface area contributed by atoms with Crippen LogP contribution in [-0.4, -0.2) is 38.1 Å². The Labute approximate surface area is 177 Å². The molecule has 2 rings (SSSR count).